The van der Waals surface area contributed by atoms with E-state index in [1.165, 1.54) is 0 Å². The summed E-state index contributed by atoms with van der Waals surface area (Å²) >= 11 is 0. The lowest BCUT2D eigenvalue weighted by Gasteiger charge is -2.35. The molecule has 0 radical (unpaired) electrons. The summed E-state index contributed by atoms with van der Waals surface area (Å²) in [4.78, 5) is 0. The normalized spacial score (nSPS) is 38.6. The Balaban J connectivity index is 1.26. The highest BCUT2D eigenvalue weighted by molar-refractivity contribution is 7.86. The number of benzene rings is 1. The number of hydrogen-bond donors (Lipinski definition) is 2. The van der Waals surface area contributed by atoms with Crippen molar-refractivity contribution in [3.63, 3.8) is 0 Å². The van der Waals surface area contributed by atoms with Gasteiger partial charge in [0.05, 0.1) is 23.4 Å². The minimum absolute atomic E-state index is 0.101. The summed E-state index contributed by atoms with van der Waals surface area (Å²) in [6.45, 7) is 8.18. The molecule has 10 heteroatoms. The smallest absolute Gasteiger partial charge is 0.267 e. The molecule has 0 amide bonds. The molecule has 202 valence electrons. The number of ether oxygens (including phenoxy) is 2. The maximum absolute atomic E-state index is 11.7. The highest BCUT2D eigenvalue weighted by atomic mass is 32.2. The van der Waals surface area contributed by atoms with Crippen LogP contribution in [0.1, 0.15) is 64.5 Å². The van der Waals surface area contributed by atoms with Crippen LogP contribution in [-0.4, -0.2) is 60.9 Å². The Morgan fingerprint density at radius 1 is 0.722 bits per heavy atom. The van der Waals surface area contributed by atoms with Crippen molar-refractivity contribution in [2.75, 3.05) is 11.5 Å². The first-order valence-electron chi connectivity index (χ1n) is 12.8. The summed E-state index contributed by atoms with van der Waals surface area (Å²) < 4.78 is 78.6. The van der Waals surface area contributed by atoms with E-state index >= 15 is 0 Å². The van der Waals surface area contributed by atoms with E-state index in [0.717, 1.165) is 24.0 Å². The summed E-state index contributed by atoms with van der Waals surface area (Å²) in [5, 5.41) is 0. The molecule has 2 aliphatic heterocycles. The molecule has 4 aliphatic rings. The molecule has 2 aliphatic carbocycles. The van der Waals surface area contributed by atoms with Crippen LogP contribution < -0.4 is 0 Å². The number of fused-ring (bicyclic) bond motifs is 4. The van der Waals surface area contributed by atoms with Gasteiger partial charge in [-0.05, 0) is 61.5 Å². The first-order chi connectivity index (χ1) is 16.5. The summed E-state index contributed by atoms with van der Waals surface area (Å²) in [6.07, 6.45) is 4.19. The summed E-state index contributed by atoms with van der Waals surface area (Å²) in [7, 11) is -8.29. The Morgan fingerprint density at radius 3 is 1.36 bits per heavy atom. The highest BCUT2D eigenvalue weighted by Crippen LogP contribution is 2.62. The predicted molar refractivity (Wildman–Crippen MR) is 135 cm³/mol. The highest BCUT2D eigenvalue weighted by Gasteiger charge is 2.66. The fourth-order valence-corrected chi connectivity index (χ4v) is 10.5. The molecule has 1 aromatic carbocycles. The average Bonchev–Trinajstić information content (AvgIpc) is 3.25. The Kier molecular flexibility index (Phi) is 6.07. The van der Waals surface area contributed by atoms with Crippen molar-refractivity contribution < 1.29 is 35.4 Å². The Hall–Kier alpha value is -1.04. The topological polar surface area (TPSA) is 127 Å². The van der Waals surface area contributed by atoms with Gasteiger partial charge in [-0.1, -0.05) is 52.0 Å². The second-order valence-corrected chi connectivity index (χ2v) is 15.6. The molecular weight excluding hydrogens is 504 g/mol. The van der Waals surface area contributed by atoms with Crippen molar-refractivity contribution in [3.05, 3.63) is 35.4 Å². The van der Waals surface area contributed by atoms with Gasteiger partial charge in [-0.15, -0.1) is 0 Å². The fraction of sp³-hybridized carbons (Fsp3) is 0.769. The average molecular weight is 543 g/mol. The van der Waals surface area contributed by atoms with Crippen LogP contribution in [-0.2, 0) is 42.6 Å². The molecule has 6 unspecified atom stereocenters. The lowest BCUT2D eigenvalue weighted by Crippen LogP contribution is -2.45. The lowest BCUT2D eigenvalue weighted by molar-refractivity contribution is -0.0749. The van der Waals surface area contributed by atoms with Crippen LogP contribution in [0.3, 0.4) is 0 Å². The first-order valence-corrected chi connectivity index (χ1v) is 16.0. The van der Waals surface area contributed by atoms with Crippen LogP contribution in [0.2, 0.25) is 0 Å². The molecule has 8 nitrogen and oxygen atoms in total. The summed E-state index contributed by atoms with van der Waals surface area (Å²) in [6, 6.07) is 8.28. The van der Waals surface area contributed by atoms with Gasteiger partial charge in [0.2, 0.25) is 0 Å². The Labute approximate surface area is 214 Å². The summed E-state index contributed by atoms with van der Waals surface area (Å²) in [5.41, 5.74) is -0.161. The second-order valence-electron chi connectivity index (χ2n) is 12.7. The molecule has 2 N–H and O–H groups in total. The van der Waals surface area contributed by atoms with Crippen LogP contribution in [0.25, 0.3) is 0 Å². The van der Waals surface area contributed by atoms with Gasteiger partial charge < -0.3 is 9.47 Å². The predicted octanol–water partition coefficient (Wildman–Crippen LogP) is 3.69. The van der Waals surface area contributed by atoms with E-state index in [0.29, 0.717) is 25.7 Å². The van der Waals surface area contributed by atoms with E-state index in [1.807, 2.05) is 27.7 Å². The van der Waals surface area contributed by atoms with E-state index in [4.69, 9.17) is 9.47 Å². The van der Waals surface area contributed by atoms with Gasteiger partial charge in [0.15, 0.2) is 0 Å². The maximum atomic E-state index is 11.7. The van der Waals surface area contributed by atoms with Gasteiger partial charge in [-0.2, -0.15) is 16.8 Å². The molecule has 2 heterocycles. The molecule has 2 saturated heterocycles. The molecule has 36 heavy (non-hydrogen) atoms. The molecule has 0 aromatic heterocycles. The van der Waals surface area contributed by atoms with Crippen LogP contribution >= 0.6 is 0 Å². The van der Waals surface area contributed by atoms with Gasteiger partial charge in [-0.3, -0.25) is 9.11 Å². The van der Waals surface area contributed by atoms with Gasteiger partial charge in [-0.25, -0.2) is 0 Å². The standard InChI is InChI=1S/C26H38O8S2/c1-23(2)19-9-11-25(23,15-35(27,28)29)33-21(19)13-17-5-7-18(8-6-17)14-22-20-10-12-26(34-22,24(20,3)4)16-36(30,31)32/h5-8,19-22H,9-16H2,1-4H3,(H,27,28,29)(H,30,31,32). The molecule has 6 atom stereocenters. The Bertz CT molecular complexity index is 1140. The quantitative estimate of drug-likeness (QED) is 0.476. The molecule has 1 aromatic rings. The van der Waals surface area contributed by atoms with Crippen molar-refractivity contribution >= 4 is 20.2 Å². The number of rotatable bonds is 8. The second kappa shape index (κ2) is 8.23. The SMILES string of the molecule is CC1(C)C2CCC1(CS(=O)(=O)O)OC2Cc1ccc(CC2OC3(CS(=O)(=O)O)CCC2C3(C)C)cc1. The van der Waals surface area contributed by atoms with Crippen LogP contribution in [0.15, 0.2) is 24.3 Å². The molecule has 5 rings (SSSR count). The van der Waals surface area contributed by atoms with Gasteiger partial charge in [0, 0.05) is 10.8 Å². The molecule has 4 bridgehead atoms. The van der Waals surface area contributed by atoms with Crippen LogP contribution in [0.4, 0.5) is 0 Å². The minimum atomic E-state index is -4.15. The zero-order valence-electron chi connectivity index (χ0n) is 21.4. The minimum Gasteiger partial charge on any atom is -0.369 e. The van der Waals surface area contributed by atoms with Gasteiger partial charge in [0.25, 0.3) is 20.2 Å². The van der Waals surface area contributed by atoms with E-state index in [1.54, 1.807) is 0 Å². The summed E-state index contributed by atoms with van der Waals surface area (Å²) in [5.74, 6) is -0.279. The van der Waals surface area contributed by atoms with E-state index in [-0.39, 0.29) is 46.4 Å². The zero-order valence-corrected chi connectivity index (χ0v) is 23.1. The van der Waals surface area contributed by atoms with E-state index in [9.17, 15) is 25.9 Å². The molecule has 2 saturated carbocycles. The molecule has 4 fully saturated rings. The van der Waals surface area contributed by atoms with Crippen molar-refractivity contribution in [3.8, 4) is 0 Å². The maximum Gasteiger partial charge on any atom is 0.267 e. The van der Waals surface area contributed by atoms with Crippen molar-refractivity contribution in [1.29, 1.82) is 0 Å². The fourth-order valence-electron chi connectivity index (χ4n) is 8.10. The van der Waals surface area contributed by atoms with E-state index < -0.39 is 31.4 Å². The van der Waals surface area contributed by atoms with Gasteiger partial charge in [0.1, 0.15) is 11.5 Å². The largest absolute Gasteiger partial charge is 0.369 e. The van der Waals surface area contributed by atoms with E-state index in [2.05, 4.69) is 24.3 Å². The zero-order chi connectivity index (χ0) is 26.4. The molecule has 0 spiro atoms. The third-order valence-corrected chi connectivity index (χ3v) is 12.0. The lowest BCUT2D eigenvalue weighted by atomic mass is 9.73. The van der Waals surface area contributed by atoms with Crippen LogP contribution in [0.5, 0.6) is 0 Å². The van der Waals surface area contributed by atoms with Crippen molar-refractivity contribution in [2.45, 2.75) is 89.6 Å². The van der Waals surface area contributed by atoms with Gasteiger partial charge >= 0.3 is 0 Å². The Morgan fingerprint density at radius 2 is 1.06 bits per heavy atom. The van der Waals surface area contributed by atoms with Crippen molar-refractivity contribution in [2.24, 2.45) is 22.7 Å². The number of hydrogen-bond acceptors (Lipinski definition) is 6. The molecular formula is C26H38O8S2. The van der Waals surface area contributed by atoms with Crippen LogP contribution in [0, 0.1) is 22.7 Å². The third-order valence-electron chi connectivity index (χ3n) is 10.3. The van der Waals surface area contributed by atoms with Crippen molar-refractivity contribution in [1.82, 2.24) is 0 Å². The monoisotopic (exact) mass is 542 g/mol. The first kappa shape index (κ1) is 26.6. The third kappa shape index (κ3) is 4.25.